The molecule has 1 saturated heterocycles. The molecule has 2 N–H and O–H groups in total. The second kappa shape index (κ2) is 5.73. The third kappa shape index (κ3) is 3.47. The summed E-state index contributed by atoms with van der Waals surface area (Å²) in [6, 6.07) is 6.03. The molecule has 5 nitrogen and oxygen atoms in total. The van der Waals surface area contributed by atoms with Crippen LogP contribution < -0.4 is 5.32 Å². The van der Waals surface area contributed by atoms with Crippen molar-refractivity contribution in [1.82, 2.24) is 4.90 Å². The molecule has 0 radical (unpaired) electrons. The van der Waals surface area contributed by atoms with Crippen LogP contribution in [-0.4, -0.2) is 34.9 Å². The van der Waals surface area contributed by atoms with E-state index in [0.717, 1.165) is 12.8 Å². The van der Waals surface area contributed by atoms with E-state index in [1.165, 1.54) is 12.1 Å². The van der Waals surface area contributed by atoms with Gasteiger partial charge in [0.25, 0.3) is 0 Å². The maximum Gasteiger partial charge on any atom is 0.313 e. The lowest BCUT2D eigenvalue weighted by Crippen LogP contribution is -2.44. The Bertz CT molecular complexity index is 470. The number of hydrogen-bond donors (Lipinski definition) is 2. The number of phenolic OH excluding ortho intramolecular Hbond substituents is 1. The van der Waals surface area contributed by atoms with Crippen LogP contribution in [0, 0.1) is 5.92 Å². The Morgan fingerprint density at radius 1 is 1.32 bits per heavy atom. The molecule has 2 amide bonds. The van der Waals surface area contributed by atoms with Gasteiger partial charge < -0.3 is 15.3 Å². The third-order valence-corrected chi connectivity index (χ3v) is 3.26. The summed E-state index contributed by atoms with van der Waals surface area (Å²) in [5.74, 6) is -0.548. The van der Waals surface area contributed by atoms with Gasteiger partial charge in [0.1, 0.15) is 5.75 Å². The first-order valence-electron chi connectivity index (χ1n) is 6.45. The van der Waals surface area contributed by atoms with Crippen molar-refractivity contribution in [2.45, 2.75) is 19.8 Å². The van der Waals surface area contributed by atoms with Crippen molar-refractivity contribution >= 4 is 17.5 Å². The summed E-state index contributed by atoms with van der Waals surface area (Å²) in [5, 5.41) is 11.7. The highest BCUT2D eigenvalue weighted by Crippen LogP contribution is 2.17. The third-order valence-electron chi connectivity index (χ3n) is 3.26. The second-order valence-corrected chi connectivity index (χ2v) is 5.00. The summed E-state index contributed by atoms with van der Waals surface area (Å²) in [6.07, 6.45) is 2.04. The van der Waals surface area contributed by atoms with Crippen LogP contribution >= 0.6 is 0 Å². The average molecular weight is 262 g/mol. The summed E-state index contributed by atoms with van der Waals surface area (Å²) < 4.78 is 0. The first-order chi connectivity index (χ1) is 9.06. The van der Waals surface area contributed by atoms with Crippen molar-refractivity contribution in [3.63, 3.8) is 0 Å². The molecule has 1 aromatic rings. The Labute approximate surface area is 112 Å². The molecule has 1 fully saturated rings. The van der Waals surface area contributed by atoms with Gasteiger partial charge in [-0.05, 0) is 43.0 Å². The molecule has 19 heavy (non-hydrogen) atoms. The molecule has 5 heteroatoms. The van der Waals surface area contributed by atoms with Gasteiger partial charge in [0, 0.05) is 18.8 Å². The maximum atomic E-state index is 12.0. The number of piperidine rings is 1. The molecule has 1 heterocycles. The van der Waals surface area contributed by atoms with Crippen LogP contribution in [-0.2, 0) is 9.59 Å². The fourth-order valence-electron chi connectivity index (χ4n) is 2.25. The van der Waals surface area contributed by atoms with E-state index in [1.54, 1.807) is 17.0 Å². The SMILES string of the molecule is CC1CCCN(C(=O)C(=O)Nc2ccc(O)cc2)C1. The summed E-state index contributed by atoms with van der Waals surface area (Å²) in [5.41, 5.74) is 0.501. The predicted molar refractivity (Wildman–Crippen MR) is 71.7 cm³/mol. The van der Waals surface area contributed by atoms with Crippen LogP contribution in [0.4, 0.5) is 5.69 Å². The van der Waals surface area contributed by atoms with Crippen molar-refractivity contribution < 1.29 is 14.7 Å². The molecule has 0 spiro atoms. The van der Waals surface area contributed by atoms with Crippen molar-refractivity contribution in [2.24, 2.45) is 5.92 Å². The fourth-order valence-corrected chi connectivity index (χ4v) is 2.25. The van der Waals surface area contributed by atoms with E-state index in [4.69, 9.17) is 5.11 Å². The molecular formula is C14H18N2O3. The summed E-state index contributed by atoms with van der Waals surface area (Å²) in [4.78, 5) is 25.4. The number of hydrogen-bond acceptors (Lipinski definition) is 3. The zero-order chi connectivity index (χ0) is 13.8. The lowest BCUT2D eigenvalue weighted by molar-refractivity contribution is -0.144. The monoisotopic (exact) mass is 262 g/mol. The van der Waals surface area contributed by atoms with Gasteiger partial charge >= 0.3 is 11.8 Å². The highest BCUT2D eigenvalue weighted by Gasteiger charge is 2.25. The van der Waals surface area contributed by atoms with E-state index in [9.17, 15) is 9.59 Å². The Balaban J connectivity index is 1.95. The minimum absolute atomic E-state index is 0.120. The first kappa shape index (κ1) is 13.4. The molecule has 1 unspecified atom stereocenters. The zero-order valence-corrected chi connectivity index (χ0v) is 10.9. The highest BCUT2D eigenvalue weighted by atomic mass is 16.3. The number of carbonyl (C=O) groups excluding carboxylic acids is 2. The number of carbonyl (C=O) groups is 2. The topological polar surface area (TPSA) is 69.6 Å². The van der Waals surface area contributed by atoms with Crippen molar-refractivity contribution in [1.29, 1.82) is 0 Å². The van der Waals surface area contributed by atoms with Crippen molar-refractivity contribution in [3.8, 4) is 5.75 Å². The Morgan fingerprint density at radius 3 is 2.63 bits per heavy atom. The number of likely N-dealkylation sites (tertiary alicyclic amines) is 1. The standard InChI is InChI=1S/C14H18N2O3/c1-10-3-2-8-16(9-10)14(19)13(18)15-11-4-6-12(17)7-5-11/h4-7,10,17H,2-3,8-9H2,1H3,(H,15,18). The van der Waals surface area contributed by atoms with E-state index >= 15 is 0 Å². The number of aromatic hydroxyl groups is 1. The van der Waals surface area contributed by atoms with Gasteiger partial charge in [0.05, 0.1) is 0 Å². The number of amides is 2. The number of nitrogens with one attached hydrogen (secondary N) is 1. The van der Waals surface area contributed by atoms with Crippen LogP contribution in [0.15, 0.2) is 24.3 Å². The second-order valence-electron chi connectivity index (χ2n) is 5.00. The van der Waals surface area contributed by atoms with E-state index in [0.29, 0.717) is 24.7 Å². The normalized spacial score (nSPS) is 19.0. The van der Waals surface area contributed by atoms with Crippen molar-refractivity contribution in [3.05, 3.63) is 24.3 Å². The van der Waals surface area contributed by atoms with Crippen LogP contribution in [0.5, 0.6) is 5.75 Å². The molecule has 1 aliphatic rings. The van der Waals surface area contributed by atoms with Crippen LogP contribution in [0.3, 0.4) is 0 Å². The molecule has 1 atom stereocenters. The van der Waals surface area contributed by atoms with Gasteiger partial charge in [-0.3, -0.25) is 9.59 Å². The Morgan fingerprint density at radius 2 is 2.00 bits per heavy atom. The number of phenols is 1. The number of nitrogens with zero attached hydrogens (tertiary/aromatic N) is 1. The van der Waals surface area contributed by atoms with Gasteiger partial charge in [0.2, 0.25) is 0 Å². The molecule has 0 aliphatic carbocycles. The molecule has 102 valence electrons. The molecular weight excluding hydrogens is 244 g/mol. The largest absolute Gasteiger partial charge is 0.508 e. The van der Waals surface area contributed by atoms with Crippen molar-refractivity contribution in [2.75, 3.05) is 18.4 Å². The van der Waals surface area contributed by atoms with Crippen LogP contribution in [0.1, 0.15) is 19.8 Å². The number of anilines is 1. The maximum absolute atomic E-state index is 12.0. The van der Waals surface area contributed by atoms with Crippen LogP contribution in [0.2, 0.25) is 0 Å². The molecule has 0 aromatic heterocycles. The van der Waals surface area contributed by atoms with E-state index in [1.807, 2.05) is 0 Å². The minimum Gasteiger partial charge on any atom is -0.508 e. The summed E-state index contributed by atoms with van der Waals surface area (Å²) >= 11 is 0. The first-order valence-corrected chi connectivity index (χ1v) is 6.45. The van der Waals surface area contributed by atoms with E-state index in [2.05, 4.69) is 12.2 Å². The summed E-state index contributed by atoms with van der Waals surface area (Å²) in [6.45, 7) is 3.37. The summed E-state index contributed by atoms with van der Waals surface area (Å²) in [7, 11) is 0. The number of rotatable bonds is 1. The highest BCUT2D eigenvalue weighted by molar-refractivity contribution is 6.39. The van der Waals surface area contributed by atoms with E-state index in [-0.39, 0.29) is 5.75 Å². The molecule has 1 aromatic carbocycles. The minimum atomic E-state index is -0.625. The fraction of sp³-hybridized carbons (Fsp3) is 0.429. The lowest BCUT2D eigenvalue weighted by Gasteiger charge is -2.30. The molecule has 1 aliphatic heterocycles. The molecule has 2 rings (SSSR count). The zero-order valence-electron chi connectivity index (χ0n) is 10.9. The van der Waals surface area contributed by atoms with Gasteiger partial charge in [-0.25, -0.2) is 0 Å². The number of benzene rings is 1. The van der Waals surface area contributed by atoms with Gasteiger partial charge in [0.15, 0.2) is 0 Å². The smallest absolute Gasteiger partial charge is 0.313 e. The van der Waals surface area contributed by atoms with E-state index < -0.39 is 11.8 Å². The average Bonchev–Trinajstić information content (AvgIpc) is 2.40. The quantitative estimate of drug-likeness (QED) is 0.596. The molecule has 0 bridgehead atoms. The van der Waals surface area contributed by atoms with Crippen LogP contribution in [0.25, 0.3) is 0 Å². The van der Waals surface area contributed by atoms with Gasteiger partial charge in [-0.15, -0.1) is 0 Å². The lowest BCUT2D eigenvalue weighted by atomic mass is 10.0. The molecule has 0 saturated carbocycles. The Hall–Kier alpha value is -2.04. The Kier molecular flexibility index (Phi) is 4.04. The predicted octanol–water partition coefficient (Wildman–Crippen LogP) is 1.59. The van der Waals surface area contributed by atoms with Gasteiger partial charge in [-0.2, -0.15) is 0 Å². The van der Waals surface area contributed by atoms with Gasteiger partial charge in [-0.1, -0.05) is 6.92 Å².